The second kappa shape index (κ2) is 6.35. The topological polar surface area (TPSA) is 149 Å². The van der Waals surface area contributed by atoms with Crippen LogP contribution in [-0.4, -0.2) is 59.1 Å². The van der Waals surface area contributed by atoms with Crippen molar-refractivity contribution in [2.75, 3.05) is 13.3 Å². The van der Waals surface area contributed by atoms with E-state index in [1.807, 2.05) is 0 Å². The van der Waals surface area contributed by atoms with E-state index in [0.29, 0.717) is 0 Å². The number of amides is 2. The van der Waals surface area contributed by atoms with Gasteiger partial charge >= 0.3 is 6.03 Å². The first-order valence-electron chi connectivity index (χ1n) is 4.99. The molecule has 98 valence electrons. The molecule has 0 saturated carbocycles. The number of aliphatic hydroxyl groups is 3. The fraction of sp³-hybridized carbons (Fsp3) is 0.750. The van der Waals surface area contributed by atoms with E-state index >= 15 is 0 Å². The van der Waals surface area contributed by atoms with E-state index in [2.05, 4.69) is 15.6 Å². The van der Waals surface area contributed by atoms with E-state index in [1.54, 1.807) is 0 Å². The van der Waals surface area contributed by atoms with Crippen LogP contribution in [0.1, 0.15) is 6.42 Å². The van der Waals surface area contributed by atoms with Gasteiger partial charge in [-0.05, 0) is 0 Å². The van der Waals surface area contributed by atoms with Crippen LogP contribution in [0.25, 0.3) is 0 Å². The summed E-state index contributed by atoms with van der Waals surface area (Å²) in [4.78, 5) is 14.6. The molecule has 1 aliphatic rings. The largest absolute Gasteiger partial charge is 0.394 e. The molecule has 1 saturated heterocycles. The second-order valence-corrected chi connectivity index (χ2v) is 3.43. The Morgan fingerprint density at radius 2 is 2.24 bits per heavy atom. The summed E-state index contributed by atoms with van der Waals surface area (Å²) in [5.74, 6) is -0.234. The minimum Gasteiger partial charge on any atom is -0.394 e. The van der Waals surface area contributed by atoms with Crippen molar-refractivity contribution in [3.05, 3.63) is 0 Å². The number of aliphatic imine (C=N–C) groups is 1. The van der Waals surface area contributed by atoms with Crippen LogP contribution in [0.5, 0.6) is 0 Å². The lowest BCUT2D eigenvalue weighted by Gasteiger charge is -2.13. The number of aliphatic hydroxyl groups excluding tert-OH is 3. The number of hydrogen-bond acceptors (Lipinski definition) is 6. The van der Waals surface area contributed by atoms with Crippen LogP contribution < -0.4 is 16.4 Å². The number of nitrogens with zero attached hydrogens (tertiary/aromatic N) is 1. The van der Waals surface area contributed by atoms with Crippen LogP contribution in [0.4, 0.5) is 4.79 Å². The molecule has 1 unspecified atom stereocenters. The van der Waals surface area contributed by atoms with E-state index in [4.69, 9.17) is 20.7 Å². The van der Waals surface area contributed by atoms with Crippen molar-refractivity contribution in [1.82, 2.24) is 10.6 Å². The zero-order valence-corrected chi connectivity index (χ0v) is 9.04. The maximum atomic E-state index is 11.3. The first-order chi connectivity index (χ1) is 8.06. The van der Waals surface area contributed by atoms with E-state index < -0.39 is 31.2 Å². The van der Waals surface area contributed by atoms with Gasteiger partial charge in [0.2, 0.25) is 0 Å². The van der Waals surface area contributed by atoms with Crippen LogP contribution in [0, 0.1) is 0 Å². The van der Waals surface area contributed by atoms with Gasteiger partial charge in [-0.2, -0.15) is 0 Å². The van der Waals surface area contributed by atoms with Crippen LogP contribution in [0.15, 0.2) is 4.99 Å². The zero-order chi connectivity index (χ0) is 12.8. The summed E-state index contributed by atoms with van der Waals surface area (Å²) in [5.41, 5.74) is 5.23. The fourth-order valence-corrected chi connectivity index (χ4v) is 1.40. The molecule has 0 spiro atoms. The predicted octanol–water partition coefficient (Wildman–Crippen LogP) is -2.98. The first kappa shape index (κ1) is 13.6. The highest BCUT2D eigenvalue weighted by Crippen LogP contribution is 2.17. The van der Waals surface area contributed by atoms with Gasteiger partial charge in [-0.1, -0.05) is 0 Å². The Kier molecular flexibility index (Phi) is 5.10. The maximum absolute atomic E-state index is 11.3. The molecule has 0 bridgehead atoms. The highest BCUT2D eigenvalue weighted by atomic mass is 16.5. The Balaban J connectivity index is 2.35. The van der Waals surface area contributed by atoms with Crippen molar-refractivity contribution >= 4 is 12.0 Å². The van der Waals surface area contributed by atoms with Crippen molar-refractivity contribution in [2.45, 2.75) is 24.9 Å². The van der Waals surface area contributed by atoms with Crippen molar-refractivity contribution in [3.63, 3.8) is 0 Å². The molecule has 1 aliphatic heterocycles. The minimum atomic E-state index is -0.825. The van der Waals surface area contributed by atoms with Crippen molar-refractivity contribution in [1.29, 1.82) is 0 Å². The molecule has 0 aromatic carbocycles. The lowest BCUT2D eigenvalue weighted by atomic mass is 10.2. The molecule has 7 N–H and O–H groups in total. The number of nitrogens with one attached hydrogen (secondary N) is 2. The Labute approximate surface area is 97.3 Å². The average molecular weight is 248 g/mol. The molecule has 1 heterocycles. The van der Waals surface area contributed by atoms with Crippen LogP contribution in [0.3, 0.4) is 0 Å². The van der Waals surface area contributed by atoms with Gasteiger partial charge in [0, 0.05) is 6.42 Å². The van der Waals surface area contributed by atoms with E-state index in [1.165, 1.54) is 0 Å². The minimum absolute atomic E-state index is 0.176. The lowest BCUT2D eigenvalue weighted by Crippen LogP contribution is -2.47. The highest BCUT2D eigenvalue weighted by Gasteiger charge is 2.34. The number of ether oxygens (including phenoxy) is 1. The molecule has 0 aromatic heterocycles. The Morgan fingerprint density at radius 1 is 1.53 bits per heavy atom. The third kappa shape index (κ3) is 4.15. The van der Waals surface area contributed by atoms with E-state index in [-0.39, 0.29) is 19.0 Å². The van der Waals surface area contributed by atoms with Crippen LogP contribution in [-0.2, 0) is 4.74 Å². The summed E-state index contributed by atoms with van der Waals surface area (Å²) >= 11 is 0. The molecule has 9 heteroatoms. The predicted molar refractivity (Wildman–Crippen MR) is 56.7 cm³/mol. The molecule has 0 radical (unpaired) electrons. The Bertz CT molecular complexity index is 298. The van der Waals surface area contributed by atoms with Gasteiger partial charge in [-0.25, -0.2) is 9.79 Å². The average Bonchev–Trinajstić information content (AvgIpc) is 2.58. The van der Waals surface area contributed by atoms with Crippen molar-refractivity contribution in [2.24, 2.45) is 10.7 Å². The molecule has 9 nitrogen and oxygen atoms in total. The van der Waals surface area contributed by atoms with Gasteiger partial charge < -0.3 is 31.1 Å². The number of nitrogens with two attached hydrogens (primary N) is 1. The summed E-state index contributed by atoms with van der Waals surface area (Å²) in [5, 5.41) is 31.2. The quantitative estimate of drug-likeness (QED) is 0.232. The zero-order valence-electron chi connectivity index (χ0n) is 9.04. The number of rotatable bonds is 3. The van der Waals surface area contributed by atoms with Gasteiger partial charge in [0.1, 0.15) is 19.1 Å². The number of urea groups is 1. The lowest BCUT2D eigenvalue weighted by molar-refractivity contribution is -0.0271. The normalized spacial score (nSPS) is 29.1. The fourth-order valence-electron chi connectivity index (χ4n) is 1.40. The highest BCUT2D eigenvalue weighted by molar-refractivity contribution is 5.95. The SMILES string of the molecule is N/C(=N\CO)NC(=O)N[C@H]1CC(O)[C@@H](CO)O1. The smallest absolute Gasteiger partial charge is 0.323 e. The number of carbonyl (C=O) groups excluding carboxylic acids is 1. The molecule has 1 rings (SSSR count). The van der Waals surface area contributed by atoms with Crippen LogP contribution in [0.2, 0.25) is 0 Å². The van der Waals surface area contributed by atoms with E-state index in [0.717, 1.165) is 0 Å². The van der Waals surface area contributed by atoms with E-state index in [9.17, 15) is 9.90 Å². The van der Waals surface area contributed by atoms with Gasteiger partial charge in [-0.15, -0.1) is 0 Å². The summed E-state index contributed by atoms with van der Waals surface area (Å²) in [6.45, 7) is -0.855. The molecule has 0 aromatic rings. The standard InChI is InChI=1S/C8H16N4O5/c9-7(10-3-14)12-8(16)11-6-1-4(15)5(2-13)17-6/h4-6,13-15H,1-3H2,(H4,9,10,11,12,16)/t4?,5-,6-/m1/s1. The monoisotopic (exact) mass is 248 g/mol. The number of guanidine groups is 1. The van der Waals surface area contributed by atoms with Crippen molar-refractivity contribution in [3.8, 4) is 0 Å². The Hall–Kier alpha value is -1.42. The third-order valence-electron chi connectivity index (χ3n) is 2.18. The maximum Gasteiger partial charge on any atom is 0.323 e. The molecule has 1 fully saturated rings. The number of carbonyl (C=O) groups is 1. The second-order valence-electron chi connectivity index (χ2n) is 3.43. The van der Waals surface area contributed by atoms with Crippen molar-refractivity contribution < 1.29 is 24.9 Å². The molecule has 2 amide bonds. The van der Waals surface area contributed by atoms with Gasteiger partial charge in [0.05, 0.1) is 12.7 Å². The molecule has 17 heavy (non-hydrogen) atoms. The third-order valence-corrected chi connectivity index (χ3v) is 2.18. The number of hydrogen-bond donors (Lipinski definition) is 6. The summed E-state index contributed by atoms with van der Waals surface area (Å²) in [7, 11) is 0. The molecular formula is C8H16N4O5. The van der Waals surface area contributed by atoms with Gasteiger partial charge in [-0.3, -0.25) is 5.32 Å². The first-order valence-corrected chi connectivity index (χ1v) is 4.99. The van der Waals surface area contributed by atoms with Crippen LogP contribution >= 0.6 is 0 Å². The van der Waals surface area contributed by atoms with Gasteiger partial charge in [0.25, 0.3) is 0 Å². The molecular weight excluding hydrogens is 232 g/mol. The summed E-state index contributed by atoms with van der Waals surface area (Å²) < 4.78 is 5.13. The molecule has 0 aliphatic carbocycles. The van der Waals surface area contributed by atoms with Gasteiger partial charge in [0.15, 0.2) is 5.96 Å². The summed E-state index contributed by atoms with van der Waals surface area (Å²) in [6, 6.07) is -0.671. The molecule has 3 atom stereocenters. The Morgan fingerprint density at radius 3 is 2.76 bits per heavy atom. The summed E-state index contributed by atoms with van der Waals surface area (Å²) in [6.07, 6.45) is -2.06.